The molecule has 0 atom stereocenters. The summed E-state index contributed by atoms with van der Waals surface area (Å²) < 4.78 is 0. The van der Waals surface area contributed by atoms with Crippen molar-refractivity contribution >= 4 is 0 Å². The van der Waals surface area contributed by atoms with E-state index in [-0.39, 0.29) is 0 Å². The van der Waals surface area contributed by atoms with Gasteiger partial charge in [-0.1, -0.05) is 24.3 Å². The first kappa shape index (κ1) is 8.31. The summed E-state index contributed by atoms with van der Waals surface area (Å²) >= 11 is 0. The molecule has 0 radical (unpaired) electrons. The highest BCUT2D eigenvalue weighted by molar-refractivity contribution is 5.28. The van der Waals surface area contributed by atoms with Crippen LogP contribution in [0.3, 0.4) is 0 Å². The third-order valence-electron chi connectivity index (χ3n) is 2.54. The minimum absolute atomic E-state index is 0.614. The summed E-state index contributed by atoms with van der Waals surface area (Å²) in [5, 5.41) is 0. The zero-order chi connectivity index (χ0) is 9.10. The van der Waals surface area contributed by atoms with Crippen LogP contribution in [-0.2, 0) is 6.42 Å². The molecule has 0 saturated heterocycles. The lowest BCUT2D eigenvalue weighted by atomic mass is 10.1. The highest BCUT2D eigenvalue weighted by Gasteiger charge is 2.22. The maximum absolute atomic E-state index is 6.70. The van der Waals surface area contributed by atoms with Gasteiger partial charge in [-0.05, 0) is 29.9 Å². The van der Waals surface area contributed by atoms with Crippen LogP contribution in [0.2, 0.25) is 0 Å². The molecule has 1 heteroatoms. The molecular formula is C12H13N. The summed E-state index contributed by atoms with van der Waals surface area (Å²) in [6.45, 7) is 7.31. The van der Waals surface area contributed by atoms with E-state index in [2.05, 4.69) is 29.1 Å². The highest BCUT2D eigenvalue weighted by atomic mass is 14.6. The summed E-state index contributed by atoms with van der Waals surface area (Å²) in [6, 6.07) is 8.77. The maximum Gasteiger partial charge on any atom is 0.218 e. The van der Waals surface area contributed by atoms with Gasteiger partial charge in [-0.25, -0.2) is 6.57 Å². The van der Waals surface area contributed by atoms with Gasteiger partial charge in [-0.2, -0.15) is 0 Å². The van der Waals surface area contributed by atoms with E-state index in [0.29, 0.717) is 6.54 Å². The Kier molecular flexibility index (Phi) is 2.31. The third-order valence-corrected chi connectivity index (χ3v) is 2.54. The van der Waals surface area contributed by atoms with Crippen LogP contribution in [0, 0.1) is 6.57 Å². The van der Waals surface area contributed by atoms with Crippen LogP contribution in [0.15, 0.2) is 24.3 Å². The van der Waals surface area contributed by atoms with Crippen molar-refractivity contribution < 1.29 is 0 Å². The lowest BCUT2D eigenvalue weighted by Gasteiger charge is -1.99. The van der Waals surface area contributed by atoms with Gasteiger partial charge in [0.2, 0.25) is 6.54 Å². The van der Waals surface area contributed by atoms with Gasteiger partial charge in [0.15, 0.2) is 0 Å². The van der Waals surface area contributed by atoms with E-state index >= 15 is 0 Å². The summed E-state index contributed by atoms with van der Waals surface area (Å²) in [6.07, 6.45) is 3.62. The molecule has 0 bridgehead atoms. The molecule has 0 spiro atoms. The topological polar surface area (TPSA) is 4.36 Å². The molecule has 1 nitrogen and oxygen atoms in total. The molecule has 2 rings (SSSR count). The Labute approximate surface area is 79.2 Å². The zero-order valence-corrected chi connectivity index (χ0v) is 7.66. The van der Waals surface area contributed by atoms with E-state index in [9.17, 15) is 0 Å². The Balaban J connectivity index is 2.01. The van der Waals surface area contributed by atoms with Crippen LogP contribution >= 0.6 is 0 Å². The summed E-state index contributed by atoms with van der Waals surface area (Å²) in [5.74, 6) is 0.843. The van der Waals surface area contributed by atoms with Crippen LogP contribution in [0.4, 0.5) is 0 Å². The Morgan fingerprint density at radius 1 is 1.23 bits per heavy atom. The molecule has 0 aromatic heterocycles. The predicted octanol–water partition coefficient (Wildman–Crippen LogP) is 3.03. The lowest BCUT2D eigenvalue weighted by molar-refractivity contribution is 1.06. The molecular weight excluding hydrogens is 158 g/mol. The zero-order valence-electron chi connectivity index (χ0n) is 7.66. The molecule has 1 aromatic rings. The number of benzene rings is 1. The minimum atomic E-state index is 0.614. The van der Waals surface area contributed by atoms with Crippen LogP contribution in [-0.4, -0.2) is 6.54 Å². The Hall–Kier alpha value is -1.29. The Morgan fingerprint density at radius 3 is 2.46 bits per heavy atom. The van der Waals surface area contributed by atoms with Crippen LogP contribution in [0.25, 0.3) is 4.85 Å². The first-order valence-corrected chi connectivity index (χ1v) is 4.82. The second-order valence-electron chi connectivity index (χ2n) is 3.65. The van der Waals surface area contributed by atoms with Crippen molar-refractivity contribution in [1.29, 1.82) is 0 Å². The highest BCUT2D eigenvalue weighted by Crippen LogP contribution is 2.39. The van der Waals surface area contributed by atoms with E-state index in [4.69, 9.17) is 6.57 Å². The summed E-state index contributed by atoms with van der Waals surface area (Å²) in [7, 11) is 0. The summed E-state index contributed by atoms with van der Waals surface area (Å²) in [4.78, 5) is 3.35. The predicted molar refractivity (Wildman–Crippen MR) is 53.6 cm³/mol. The number of hydrogen-bond acceptors (Lipinski definition) is 0. The van der Waals surface area contributed by atoms with E-state index in [1.54, 1.807) is 0 Å². The van der Waals surface area contributed by atoms with Gasteiger partial charge in [0.25, 0.3) is 0 Å². The molecule has 0 unspecified atom stereocenters. The normalized spacial score (nSPS) is 15.3. The molecule has 1 fully saturated rings. The van der Waals surface area contributed by atoms with Gasteiger partial charge in [-0.15, -0.1) is 0 Å². The van der Waals surface area contributed by atoms with Gasteiger partial charge in [-0.3, -0.25) is 0 Å². The molecule has 13 heavy (non-hydrogen) atoms. The van der Waals surface area contributed by atoms with E-state index in [0.717, 1.165) is 12.3 Å². The first-order chi connectivity index (χ1) is 6.40. The average molecular weight is 171 g/mol. The van der Waals surface area contributed by atoms with Gasteiger partial charge in [0.1, 0.15) is 0 Å². The van der Waals surface area contributed by atoms with Crippen molar-refractivity contribution in [3.05, 3.63) is 46.8 Å². The van der Waals surface area contributed by atoms with Gasteiger partial charge < -0.3 is 4.85 Å². The molecule has 1 aliphatic carbocycles. The van der Waals surface area contributed by atoms with Crippen LogP contribution in [0.5, 0.6) is 0 Å². The Bertz CT molecular complexity index is 314. The van der Waals surface area contributed by atoms with Gasteiger partial charge in [0.05, 0.1) is 0 Å². The molecule has 0 amide bonds. The quantitative estimate of drug-likeness (QED) is 0.616. The van der Waals surface area contributed by atoms with Crippen LogP contribution < -0.4 is 0 Å². The SMILES string of the molecule is [C-]#[N+]CCc1ccc(C2CC2)cc1. The minimum Gasteiger partial charge on any atom is -0.317 e. The molecule has 0 aliphatic heterocycles. The number of hydrogen-bond donors (Lipinski definition) is 0. The monoisotopic (exact) mass is 171 g/mol. The standard InChI is InChI=1S/C12H13N/c1-13-9-8-10-2-4-11(5-3-10)12-6-7-12/h2-5,12H,6-9H2. The van der Waals surface area contributed by atoms with E-state index in [1.165, 1.54) is 24.0 Å². The van der Waals surface area contributed by atoms with Crippen molar-refractivity contribution in [3.63, 3.8) is 0 Å². The van der Waals surface area contributed by atoms with Crippen molar-refractivity contribution in [2.24, 2.45) is 0 Å². The van der Waals surface area contributed by atoms with Crippen molar-refractivity contribution in [3.8, 4) is 0 Å². The van der Waals surface area contributed by atoms with Crippen molar-refractivity contribution in [2.45, 2.75) is 25.2 Å². The Morgan fingerprint density at radius 2 is 1.92 bits per heavy atom. The van der Waals surface area contributed by atoms with E-state index in [1.807, 2.05) is 0 Å². The molecule has 0 N–H and O–H groups in total. The van der Waals surface area contributed by atoms with Crippen molar-refractivity contribution in [1.82, 2.24) is 0 Å². The fraction of sp³-hybridized carbons (Fsp3) is 0.417. The summed E-state index contributed by atoms with van der Waals surface area (Å²) in [5.41, 5.74) is 2.77. The molecule has 1 saturated carbocycles. The lowest BCUT2D eigenvalue weighted by Crippen LogP contribution is -1.88. The fourth-order valence-corrected chi connectivity index (χ4v) is 1.56. The van der Waals surface area contributed by atoms with Crippen molar-refractivity contribution in [2.75, 3.05) is 6.54 Å². The largest absolute Gasteiger partial charge is 0.317 e. The average Bonchev–Trinajstić information content (AvgIpc) is 2.99. The van der Waals surface area contributed by atoms with Crippen LogP contribution in [0.1, 0.15) is 29.9 Å². The first-order valence-electron chi connectivity index (χ1n) is 4.82. The molecule has 0 heterocycles. The molecule has 66 valence electrons. The smallest absolute Gasteiger partial charge is 0.218 e. The van der Waals surface area contributed by atoms with Gasteiger partial charge in [0, 0.05) is 6.42 Å². The second kappa shape index (κ2) is 3.62. The number of rotatable bonds is 3. The molecule has 1 aliphatic rings. The molecule has 1 aromatic carbocycles. The van der Waals surface area contributed by atoms with Gasteiger partial charge >= 0.3 is 0 Å². The third kappa shape index (κ3) is 2.09. The number of nitrogens with zero attached hydrogens (tertiary/aromatic N) is 1. The van der Waals surface area contributed by atoms with E-state index < -0.39 is 0 Å². The fourth-order valence-electron chi connectivity index (χ4n) is 1.56. The second-order valence-corrected chi connectivity index (χ2v) is 3.65. The maximum atomic E-state index is 6.70.